The molecular formula is C19H28N2O3. The molecule has 1 aliphatic rings. The summed E-state index contributed by atoms with van der Waals surface area (Å²) in [5.41, 5.74) is 1.79. The lowest BCUT2D eigenvalue weighted by Gasteiger charge is -2.34. The van der Waals surface area contributed by atoms with Gasteiger partial charge in [0, 0.05) is 30.8 Å². The summed E-state index contributed by atoms with van der Waals surface area (Å²) in [6.07, 6.45) is 3.75. The number of nitrogens with zero attached hydrogens (tertiary/aromatic N) is 2. The van der Waals surface area contributed by atoms with E-state index in [1.165, 1.54) is 0 Å². The molecular weight excluding hydrogens is 304 g/mol. The summed E-state index contributed by atoms with van der Waals surface area (Å²) in [5, 5.41) is 0. The first-order chi connectivity index (χ1) is 11.5. The molecule has 0 unspecified atom stereocenters. The van der Waals surface area contributed by atoms with Gasteiger partial charge in [-0.2, -0.15) is 0 Å². The first-order valence-electron chi connectivity index (χ1n) is 8.32. The van der Waals surface area contributed by atoms with Crippen molar-refractivity contribution in [1.82, 2.24) is 9.80 Å². The van der Waals surface area contributed by atoms with Crippen molar-refractivity contribution in [2.24, 2.45) is 0 Å². The quantitative estimate of drug-likeness (QED) is 0.778. The van der Waals surface area contributed by atoms with E-state index in [9.17, 15) is 4.79 Å². The van der Waals surface area contributed by atoms with Crippen molar-refractivity contribution in [3.8, 4) is 11.5 Å². The smallest absolute Gasteiger partial charge is 0.246 e. The molecule has 0 atom stereocenters. The third kappa shape index (κ3) is 4.29. The zero-order valence-electron chi connectivity index (χ0n) is 15.3. The molecule has 0 aliphatic carbocycles. The molecule has 0 bridgehead atoms. The first-order valence-corrected chi connectivity index (χ1v) is 8.32. The number of methoxy groups -OCH3 is 2. The molecule has 1 fully saturated rings. The Balaban J connectivity index is 2.13. The molecule has 5 nitrogen and oxygen atoms in total. The second-order valence-electron chi connectivity index (χ2n) is 6.38. The van der Waals surface area contributed by atoms with Gasteiger partial charge < -0.3 is 19.3 Å². The molecule has 132 valence electrons. The van der Waals surface area contributed by atoms with Gasteiger partial charge >= 0.3 is 0 Å². The van der Waals surface area contributed by atoms with Crippen molar-refractivity contribution < 1.29 is 14.3 Å². The predicted octanol–water partition coefficient (Wildman–Crippen LogP) is 2.66. The minimum absolute atomic E-state index is 0.0416. The zero-order chi connectivity index (χ0) is 17.7. The minimum atomic E-state index is 0.0416. The average Bonchev–Trinajstić information content (AvgIpc) is 2.60. The number of amides is 1. The number of carbonyl (C=O) groups is 1. The summed E-state index contributed by atoms with van der Waals surface area (Å²) in [4.78, 5) is 16.8. The van der Waals surface area contributed by atoms with Gasteiger partial charge in [0.15, 0.2) is 0 Å². The Morgan fingerprint density at radius 3 is 2.50 bits per heavy atom. The van der Waals surface area contributed by atoms with E-state index in [0.29, 0.717) is 11.8 Å². The number of carbonyl (C=O) groups excluding carboxylic acids is 1. The fourth-order valence-corrected chi connectivity index (χ4v) is 3.05. The van der Waals surface area contributed by atoms with Crippen molar-refractivity contribution in [2.75, 3.05) is 41.4 Å². The van der Waals surface area contributed by atoms with Crippen molar-refractivity contribution in [2.45, 2.75) is 25.8 Å². The van der Waals surface area contributed by atoms with E-state index in [2.05, 4.69) is 11.9 Å². The molecule has 1 aliphatic heterocycles. The second kappa shape index (κ2) is 8.20. The Morgan fingerprint density at radius 1 is 1.25 bits per heavy atom. The standard InChI is InChI=1S/C19H28N2O3/c1-14(17-7-6-16(23-4)13-18(17)24-5)12-19(22)21(3)15-8-10-20(2)11-9-15/h6-7,12-13,15H,8-11H2,1-5H3/b14-12+. The molecule has 1 aromatic rings. The molecule has 0 N–H and O–H groups in total. The van der Waals surface area contributed by atoms with Crippen LogP contribution >= 0.6 is 0 Å². The summed E-state index contributed by atoms with van der Waals surface area (Å²) in [6, 6.07) is 5.94. The average molecular weight is 332 g/mol. The van der Waals surface area contributed by atoms with Crippen LogP contribution in [0.5, 0.6) is 11.5 Å². The van der Waals surface area contributed by atoms with Crippen LogP contribution in [0.4, 0.5) is 0 Å². The van der Waals surface area contributed by atoms with Gasteiger partial charge in [0.25, 0.3) is 0 Å². The van der Waals surface area contributed by atoms with Gasteiger partial charge in [-0.15, -0.1) is 0 Å². The number of piperidine rings is 1. The van der Waals surface area contributed by atoms with E-state index < -0.39 is 0 Å². The van der Waals surface area contributed by atoms with Crippen LogP contribution in [0, 0.1) is 0 Å². The summed E-state index contributed by atoms with van der Waals surface area (Å²) >= 11 is 0. The van der Waals surface area contributed by atoms with E-state index in [4.69, 9.17) is 9.47 Å². The molecule has 1 aromatic carbocycles. The number of allylic oxidation sites excluding steroid dienone is 1. The zero-order valence-corrected chi connectivity index (χ0v) is 15.3. The van der Waals surface area contributed by atoms with Crippen molar-refractivity contribution in [1.29, 1.82) is 0 Å². The molecule has 1 amide bonds. The number of hydrogen-bond donors (Lipinski definition) is 0. The predicted molar refractivity (Wildman–Crippen MR) is 96.5 cm³/mol. The topological polar surface area (TPSA) is 42.0 Å². The highest BCUT2D eigenvalue weighted by Crippen LogP contribution is 2.30. The van der Waals surface area contributed by atoms with Crippen LogP contribution in [0.1, 0.15) is 25.3 Å². The number of benzene rings is 1. The van der Waals surface area contributed by atoms with Gasteiger partial charge in [0.2, 0.25) is 5.91 Å². The normalized spacial score (nSPS) is 16.8. The molecule has 2 rings (SSSR count). The fraction of sp³-hybridized carbons (Fsp3) is 0.526. The van der Waals surface area contributed by atoms with E-state index in [-0.39, 0.29) is 5.91 Å². The molecule has 24 heavy (non-hydrogen) atoms. The van der Waals surface area contributed by atoms with Gasteiger partial charge in [0.1, 0.15) is 11.5 Å². The molecule has 0 spiro atoms. The Morgan fingerprint density at radius 2 is 1.92 bits per heavy atom. The number of ether oxygens (including phenoxy) is 2. The van der Waals surface area contributed by atoms with Crippen LogP contribution in [0.2, 0.25) is 0 Å². The lowest BCUT2D eigenvalue weighted by Crippen LogP contribution is -2.44. The maximum absolute atomic E-state index is 12.6. The number of rotatable bonds is 5. The van der Waals surface area contributed by atoms with Crippen molar-refractivity contribution in [3.63, 3.8) is 0 Å². The van der Waals surface area contributed by atoms with Crippen LogP contribution in [0.15, 0.2) is 24.3 Å². The molecule has 0 radical (unpaired) electrons. The fourth-order valence-electron chi connectivity index (χ4n) is 3.05. The van der Waals surface area contributed by atoms with Crippen LogP contribution in [0.3, 0.4) is 0 Å². The Hall–Kier alpha value is -2.01. The summed E-state index contributed by atoms with van der Waals surface area (Å²) < 4.78 is 10.6. The molecule has 5 heteroatoms. The Labute approximate surface area is 144 Å². The minimum Gasteiger partial charge on any atom is -0.497 e. The summed E-state index contributed by atoms with van der Waals surface area (Å²) in [5.74, 6) is 1.48. The number of likely N-dealkylation sites (N-methyl/N-ethyl adjacent to an activating group) is 1. The lowest BCUT2D eigenvalue weighted by molar-refractivity contribution is -0.127. The maximum Gasteiger partial charge on any atom is 0.246 e. The number of likely N-dealkylation sites (tertiary alicyclic amines) is 1. The Kier molecular flexibility index (Phi) is 6.26. The third-order valence-electron chi connectivity index (χ3n) is 4.76. The van der Waals surface area contributed by atoms with Gasteiger partial charge in [-0.05, 0) is 57.6 Å². The SMILES string of the molecule is COc1ccc(/C(C)=C/C(=O)N(C)C2CCN(C)CC2)c(OC)c1. The van der Waals surface area contributed by atoms with Crippen LogP contribution < -0.4 is 9.47 Å². The van der Waals surface area contributed by atoms with Gasteiger partial charge in [0.05, 0.1) is 14.2 Å². The van der Waals surface area contributed by atoms with Crippen LogP contribution in [0.25, 0.3) is 5.57 Å². The molecule has 0 saturated carbocycles. The second-order valence-corrected chi connectivity index (χ2v) is 6.38. The van der Waals surface area contributed by atoms with Gasteiger partial charge in [-0.3, -0.25) is 4.79 Å². The molecule has 1 saturated heterocycles. The lowest BCUT2D eigenvalue weighted by atomic mass is 10.0. The summed E-state index contributed by atoms with van der Waals surface area (Å²) in [6.45, 7) is 4.01. The third-order valence-corrected chi connectivity index (χ3v) is 4.76. The first kappa shape index (κ1) is 18.3. The van der Waals surface area contributed by atoms with Crippen molar-refractivity contribution >= 4 is 11.5 Å². The number of hydrogen-bond acceptors (Lipinski definition) is 4. The summed E-state index contributed by atoms with van der Waals surface area (Å²) in [7, 11) is 7.26. The van der Waals surface area contributed by atoms with E-state index in [1.54, 1.807) is 20.3 Å². The van der Waals surface area contributed by atoms with E-state index in [0.717, 1.165) is 42.8 Å². The monoisotopic (exact) mass is 332 g/mol. The van der Waals surface area contributed by atoms with Gasteiger partial charge in [-0.25, -0.2) is 0 Å². The largest absolute Gasteiger partial charge is 0.497 e. The van der Waals surface area contributed by atoms with Gasteiger partial charge in [-0.1, -0.05) is 0 Å². The Bertz CT molecular complexity index is 605. The van der Waals surface area contributed by atoms with Crippen LogP contribution in [-0.4, -0.2) is 63.2 Å². The molecule has 1 heterocycles. The van der Waals surface area contributed by atoms with E-state index in [1.807, 2.05) is 37.1 Å². The van der Waals surface area contributed by atoms with Crippen LogP contribution in [-0.2, 0) is 4.79 Å². The highest BCUT2D eigenvalue weighted by atomic mass is 16.5. The van der Waals surface area contributed by atoms with Crippen molar-refractivity contribution in [3.05, 3.63) is 29.8 Å². The maximum atomic E-state index is 12.6. The highest BCUT2D eigenvalue weighted by molar-refractivity contribution is 5.95. The van der Waals surface area contributed by atoms with E-state index >= 15 is 0 Å². The highest BCUT2D eigenvalue weighted by Gasteiger charge is 2.23. The molecule has 0 aromatic heterocycles.